The summed E-state index contributed by atoms with van der Waals surface area (Å²) in [6, 6.07) is 5.35. The molecular formula is C16H17ClN4O2. The van der Waals surface area contributed by atoms with Gasteiger partial charge in [0.05, 0.1) is 25.6 Å². The van der Waals surface area contributed by atoms with E-state index in [0.29, 0.717) is 23.9 Å². The van der Waals surface area contributed by atoms with Crippen LogP contribution in [0, 0.1) is 6.92 Å². The predicted octanol–water partition coefficient (Wildman–Crippen LogP) is 2.53. The maximum Gasteiger partial charge on any atom is 0.275 e. The molecule has 0 spiro atoms. The van der Waals surface area contributed by atoms with Crippen LogP contribution in [-0.4, -0.2) is 42.2 Å². The van der Waals surface area contributed by atoms with E-state index in [0.717, 1.165) is 24.5 Å². The Morgan fingerprint density at radius 1 is 1.26 bits per heavy atom. The number of benzene rings is 1. The highest BCUT2D eigenvalue weighted by molar-refractivity contribution is 6.31. The van der Waals surface area contributed by atoms with Crippen molar-refractivity contribution in [3.63, 3.8) is 0 Å². The zero-order valence-electron chi connectivity index (χ0n) is 12.8. The van der Waals surface area contributed by atoms with Crippen molar-refractivity contribution in [2.24, 2.45) is 0 Å². The van der Waals surface area contributed by atoms with E-state index in [1.807, 2.05) is 13.0 Å². The molecule has 23 heavy (non-hydrogen) atoms. The Hall–Kier alpha value is -2.18. The molecule has 1 fully saturated rings. The second-order valence-corrected chi connectivity index (χ2v) is 5.71. The van der Waals surface area contributed by atoms with Crippen LogP contribution in [-0.2, 0) is 4.74 Å². The van der Waals surface area contributed by atoms with Gasteiger partial charge in [0.25, 0.3) is 5.91 Å². The molecule has 0 aliphatic carbocycles. The van der Waals surface area contributed by atoms with E-state index in [-0.39, 0.29) is 11.6 Å². The fourth-order valence-corrected chi connectivity index (χ4v) is 2.48. The molecular weight excluding hydrogens is 316 g/mol. The number of rotatable bonds is 3. The van der Waals surface area contributed by atoms with Gasteiger partial charge in [0.1, 0.15) is 11.5 Å². The first-order valence-corrected chi connectivity index (χ1v) is 7.73. The van der Waals surface area contributed by atoms with Gasteiger partial charge in [-0.25, -0.2) is 9.97 Å². The number of aromatic nitrogens is 2. The predicted molar refractivity (Wildman–Crippen MR) is 89.2 cm³/mol. The summed E-state index contributed by atoms with van der Waals surface area (Å²) in [5, 5.41) is 3.38. The van der Waals surface area contributed by atoms with E-state index >= 15 is 0 Å². The zero-order valence-corrected chi connectivity index (χ0v) is 13.5. The maximum atomic E-state index is 12.3. The molecule has 2 aromatic rings. The number of hydrogen-bond acceptors (Lipinski definition) is 5. The molecule has 2 heterocycles. The van der Waals surface area contributed by atoms with E-state index in [2.05, 4.69) is 20.2 Å². The molecule has 3 rings (SSSR count). The molecule has 1 aromatic carbocycles. The van der Waals surface area contributed by atoms with Gasteiger partial charge in [-0.15, -0.1) is 0 Å². The molecule has 0 unspecified atom stereocenters. The number of morpholine rings is 1. The number of ether oxygens (including phenoxy) is 1. The van der Waals surface area contributed by atoms with Gasteiger partial charge in [-0.3, -0.25) is 4.79 Å². The summed E-state index contributed by atoms with van der Waals surface area (Å²) in [7, 11) is 0. The van der Waals surface area contributed by atoms with Crippen molar-refractivity contribution in [1.29, 1.82) is 0 Å². The second-order valence-electron chi connectivity index (χ2n) is 5.27. The normalized spacial score (nSPS) is 14.6. The monoisotopic (exact) mass is 332 g/mol. The number of hydrogen-bond donors (Lipinski definition) is 1. The minimum atomic E-state index is -0.309. The molecule has 1 saturated heterocycles. The number of carbonyl (C=O) groups excluding carboxylic acids is 1. The topological polar surface area (TPSA) is 67.4 Å². The number of carbonyl (C=O) groups is 1. The lowest BCUT2D eigenvalue weighted by Gasteiger charge is -2.27. The standard InChI is InChI=1S/C16H17ClN4O2/c1-11-2-3-12(17)8-13(11)20-16(22)14-9-19-15(10-18-14)21-4-6-23-7-5-21/h2-3,8-10H,4-7H2,1H3,(H,20,22). The molecule has 7 heteroatoms. The van der Waals surface area contributed by atoms with E-state index in [1.165, 1.54) is 6.20 Å². The molecule has 0 bridgehead atoms. The fraction of sp³-hybridized carbons (Fsp3) is 0.312. The number of amides is 1. The van der Waals surface area contributed by atoms with Crippen LogP contribution in [0.4, 0.5) is 11.5 Å². The van der Waals surface area contributed by atoms with Crippen LogP contribution in [0.25, 0.3) is 0 Å². The van der Waals surface area contributed by atoms with E-state index in [4.69, 9.17) is 16.3 Å². The van der Waals surface area contributed by atoms with E-state index in [1.54, 1.807) is 18.3 Å². The SMILES string of the molecule is Cc1ccc(Cl)cc1NC(=O)c1cnc(N2CCOCC2)cn1. The van der Waals surface area contributed by atoms with Crippen molar-refractivity contribution in [3.8, 4) is 0 Å². The first kappa shape index (κ1) is 15.7. The third-order valence-electron chi connectivity index (χ3n) is 3.65. The first-order chi connectivity index (χ1) is 11.1. The van der Waals surface area contributed by atoms with Gasteiger partial charge in [-0.1, -0.05) is 17.7 Å². The summed E-state index contributed by atoms with van der Waals surface area (Å²) in [6.45, 7) is 4.82. The van der Waals surface area contributed by atoms with Crippen LogP contribution in [0.1, 0.15) is 16.1 Å². The summed E-state index contributed by atoms with van der Waals surface area (Å²) >= 11 is 5.96. The quantitative estimate of drug-likeness (QED) is 0.935. The largest absolute Gasteiger partial charge is 0.378 e. The van der Waals surface area contributed by atoms with Crippen molar-refractivity contribution < 1.29 is 9.53 Å². The van der Waals surface area contributed by atoms with Crippen LogP contribution in [0.2, 0.25) is 5.02 Å². The lowest BCUT2D eigenvalue weighted by atomic mass is 10.2. The number of anilines is 2. The van der Waals surface area contributed by atoms with Crippen LogP contribution < -0.4 is 10.2 Å². The van der Waals surface area contributed by atoms with Crippen molar-refractivity contribution in [2.45, 2.75) is 6.92 Å². The van der Waals surface area contributed by atoms with E-state index < -0.39 is 0 Å². The van der Waals surface area contributed by atoms with Gasteiger partial charge < -0.3 is 15.0 Å². The van der Waals surface area contributed by atoms with Gasteiger partial charge >= 0.3 is 0 Å². The number of aryl methyl sites for hydroxylation is 1. The van der Waals surface area contributed by atoms with Crippen molar-refractivity contribution in [2.75, 3.05) is 36.5 Å². The van der Waals surface area contributed by atoms with Crippen molar-refractivity contribution in [3.05, 3.63) is 46.9 Å². The molecule has 1 aromatic heterocycles. The Labute approximate surface area is 139 Å². The molecule has 0 atom stereocenters. The average molecular weight is 333 g/mol. The van der Waals surface area contributed by atoms with Crippen LogP contribution in [0.3, 0.4) is 0 Å². The van der Waals surface area contributed by atoms with Gasteiger partial charge in [0.15, 0.2) is 0 Å². The van der Waals surface area contributed by atoms with Crippen molar-refractivity contribution >= 4 is 29.0 Å². The first-order valence-electron chi connectivity index (χ1n) is 7.36. The van der Waals surface area contributed by atoms with Crippen LogP contribution in [0.5, 0.6) is 0 Å². The van der Waals surface area contributed by atoms with Crippen LogP contribution in [0.15, 0.2) is 30.6 Å². The molecule has 120 valence electrons. The summed E-state index contributed by atoms with van der Waals surface area (Å²) in [5.74, 6) is 0.445. The Morgan fingerprint density at radius 3 is 2.74 bits per heavy atom. The molecule has 1 aliphatic heterocycles. The number of nitrogens with one attached hydrogen (secondary N) is 1. The van der Waals surface area contributed by atoms with Crippen LogP contribution >= 0.6 is 11.6 Å². The highest BCUT2D eigenvalue weighted by Gasteiger charge is 2.15. The lowest BCUT2D eigenvalue weighted by molar-refractivity contribution is 0.102. The Kier molecular flexibility index (Phi) is 4.73. The minimum absolute atomic E-state index is 0.265. The summed E-state index contributed by atoms with van der Waals surface area (Å²) in [6.07, 6.45) is 3.10. The number of nitrogens with zero attached hydrogens (tertiary/aromatic N) is 3. The summed E-state index contributed by atoms with van der Waals surface area (Å²) < 4.78 is 5.31. The molecule has 0 radical (unpaired) electrons. The van der Waals surface area contributed by atoms with Gasteiger partial charge in [0.2, 0.25) is 0 Å². The Balaban J connectivity index is 1.71. The highest BCUT2D eigenvalue weighted by Crippen LogP contribution is 2.20. The van der Waals surface area contributed by atoms with E-state index in [9.17, 15) is 4.79 Å². The maximum absolute atomic E-state index is 12.3. The second kappa shape index (κ2) is 6.93. The minimum Gasteiger partial charge on any atom is -0.378 e. The third-order valence-corrected chi connectivity index (χ3v) is 3.89. The Bertz CT molecular complexity index is 700. The van der Waals surface area contributed by atoms with Crippen molar-refractivity contribution in [1.82, 2.24) is 9.97 Å². The molecule has 1 N–H and O–H groups in total. The summed E-state index contributed by atoms with van der Waals surface area (Å²) in [4.78, 5) is 22.9. The average Bonchev–Trinajstić information content (AvgIpc) is 2.59. The summed E-state index contributed by atoms with van der Waals surface area (Å²) in [5.41, 5.74) is 1.86. The fourth-order valence-electron chi connectivity index (χ4n) is 2.31. The zero-order chi connectivity index (χ0) is 16.2. The molecule has 1 amide bonds. The third kappa shape index (κ3) is 3.78. The Morgan fingerprint density at radius 2 is 2.04 bits per heavy atom. The smallest absolute Gasteiger partial charge is 0.275 e. The highest BCUT2D eigenvalue weighted by atomic mass is 35.5. The molecule has 1 aliphatic rings. The van der Waals surface area contributed by atoms with Gasteiger partial charge in [-0.05, 0) is 24.6 Å². The van der Waals surface area contributed by atoms with Gasteiger partial charge in [-0.2, -0.15) is 0 Å². The number of halogens is 1. The lowest BCUT2D eigenvalue weighted by Crippen LogP contribution is -2.36. The molecule has 0 saturated carbocycles. The van der Waals surface area contributed by atoms with Gasteiger partial charge in [0, 0.05) is 23.8 Å². The molecule has 6 nitrogen and oxygen atoms in total.